The summed E-state index contributed by atoms with van der Waals surface area (Å²) in [5.74, 6) is -0.165. The number of carbonyl (C=O) groups is 1. The van der Waals surface area contributed by atoms with Crippen LogP contribution in [0.1, 0.15) is 27.4 Å². The lowest BCUT2D eigenvalue weighted by Gasteiger charge is -2.08. The molecule has 3 heterocycles. The van der Waals surface area contributed by atoms with E-state index in [2.05, 4.69) is 26.4 Å². The van der Waals surface area contributed by atoms with Gasteiger partial charge in [0.25, 0.3) is 5.91 Å². The quantitative estimate of drug-likeness (QED) is 0.588. The minimum Gasteiger partial charge on any atom is -0.359 e. The van der Waals surface area contributed by atoms with E-state index in [0.717, 1.165) is 39.0 Å². The van der Waals surface area contributed by atoms with Crippen LogP contribution in [0.5, 0.6) is 0 Å². The van der Waals surface area contributed by atoms with E-state index < -0.39 is 0 Å². The van der Waals surface area contributed by atoms with Gasteiger partial charge in [0.05, 0.1) is 17.0 Å². The SMILES string of the molecule is Cc1cc2cc(NC(=O)c3cc4c(C)nn(C)c4nc3C)ccc2[nH]1. The molecule has 1 amide bonds. The fourth-order valence-corrected chi connectivity index (χ4v) is 3.22. The van der Waals surface area contributed by atoms with Crippen LogP contribution in [0.4, 0.5) is 5.69 Å². The van der Waals surface area contributed by atoms with Gasteiger partial charge in [0.2, 0.25) is 0 Å². The number of aromatic amines is 1. The van der Waals surface area contributed by atoms with E-state index in [9.17, 15) is 4.79 Å². The molecule has 0 aliphatic heterocycles. The van der Waals surface area contributed by atoms with Crippen LogP contribution in [0, 0.1) is 20.8 Å². The number of carbonyl (C=O) groups excluding carboxylic acids is 1. The molecule has 126 valence electrons. The zero-order chi connectivity index (χ0) is 17.7. The third-order valence-electron chi connectivity index (χ3n) is 4.45. The number of nitrogens with one attached hydrogen (secondary N) is 2. The topological polar surface area (TPSA) is 75.6 Å². The maximum absolute atomic E-state index is 12.8. The number of fused-ring (bicyclic) bond motifs is 2. The normalized spacial score (nSPS) is 11.4. The fourth-order valence-electron chi connectivity index (χ4n) is 3.22. The van der Waals surface area contributed by atoms with Gasteiger partial charge >= 0.3 is 0 Å². The van der Waals surface area contributed by atoms with Crippen LogP contribution in [0.15, 0.2) is 30.3 Å². The summed E-state index contributed by atoms with van der Waals surface area (Å²) in [4.78, 5) is 20.6. The highest BCUT2D eigenvalue weighted by Crippen LogP contribution is 2.23. The van der Waals surface area contributed by atoms with Gasteiger partial charge in [0.1, 0.15) is 0 Å². The second-order valence-electron chi connectivity index (χ2n) is 6.41. The number of amides is 1. The summed E-state index contributed by atoms with van der Waals surface area (Å²) in [6.07, 6.45) is 0. The summed E-state index contributed by atoms with van der Waals surface area (Å²) in [7, 11) is 1.86. The zero-order valence-corrected chi connectivity index (χ0v) is 14.6. The number of rotatable bonds is 2. The summed E-state index contributed by atoms with van der Waals surface area (Å²) >= 11 is 0. The minimum atomic E-state index is -0.165. The molecule has 0 bridgehead atoms. The molecule has 6 nitrogen and oxygen atoms in total. The molecule has 0 radical (unpaired) electrons. The molecule has 0 aliphatic carbocycles. The first-order chi connectivity index (χ1) is 11.9. The Morgan fingerprint density at radius 3 is 2.72 bits per heavy atom. The van der Waals surface area contributed by atoms with Crippen molar-refractivity contribution < 1.29 is 4.79 Å². The Morgan fingerprint density at radius 2 is 1.92 bits per heavy atom. The van der Waals surface area contributed by atoms with Gasteiger partial charge in [0, 0.05) is 34.7 Å². The summed E-state index contributed by atoms with van der Waals surface area (Å²) in [5.41, 5.74) is 5.82. The van der Waals surface area contributed by atoms with Gasteiger partial charge < -0.3 is 10.3 Å². The lowest BCUT2D eigenvalue weighted by Crippen LogP contribution is -2.14. The molecule has 0 spiro atoms. The van der Waals surface area contributed by atoms with E-state index in [1.807, 2.05) is 52.1 Å². The van der Waals surface area contributed by atoms with Gasteiger partial charge in [0.15, 0.2) is 5.65 Å². The predicted octanol–water partition coefficient (Wildman–Crippen LogP) is 3.63. The van der Waals surface area contributed by atoms with Crippen molar-refractivity contribution in [3.63, 3.8) is 0 Å². The van der Waals surface area contributed by atoms with Crippen LogP contribution in [-0.4, -0.2) is 25.7 Å². The summed E-state index contributed by atoms with van der Waals surface area (Å²) in [6.45, 7) is 5.78. The number of H-pyrrole nitrogens is 1. The van der Waals surface area contributed by atoms with E-state index in [1.165, 1.54) is 0 Å². The average molecular weight is 333 g/mol. The first-order valence-electron chi connectivity index (χ1n) is 8.14. The van der Waals surface area contributed by atoms with Crippen LogP contribution in [0.25, 0.3) is 21.9 Å². The van der Waals surface area contributed by atoms with E-state index in [4.69, 9.17) is 0 Å². The van der Waals surface area contributed by atoms with Gasteiger partial charge in [-0.1, -0.05) is 0 Å². The van der Waals surface area contributed by atoms with Crippen LogP contribution in [0.2, 0.25) is 0 Å². The Balaban J connectivity index is 1.70. The fraction of sp³-hybridized carbons (Fsp3) is 0.211. The Morgan fingerprint density at radius 1 is 1.12 bits per heavy atom. The largest absolute Gasteiger partial charge is 0.359 e. The molecule has 4 rings (SSSR count). The third kappa shape index (κ3) is 2.55. The number of anilines is 1. The maximum Gasteiger partial charge on any atom is 0.257 e. The van der Waals surface area contributed by atoms with Crippen molar-refractivity contribution in [1.82, 2.24) is 19.7 Å². The minimum absolute atomic E-state index is 0.165. The van der Waals surface area contributed by atoms with Crippen molar-refractivity contribution >= 4 is 33.5 Å². The third-order valence-corrected chi connectivity index (χ3v) is 4.45. The van der Waals surface area contributed by atoms with Crippen LogP contribution in [0.3, 0.4) is 0 Å². The Hall–Kier alpha value is -3.15. The van der Waals surface area contributed by atoms with Crippen molar-refractivity contribution in [1.29, 1.82) is 0 Å². The molecule has 3 aromatic heterocycles. The number of hydrogen-bond acceptors (Lipinski definition) is 3. The Bertz CT molecular complexity index is 1140. The molecule has 0 saturated heterocycles. The standard InChI is InChI=1S/C19H19N5O/c1-10-7-13-8-14(5-6-17(13)20-10)22-19(25)16-9-15-12(3)23-24(4)18(15)21-11(16)2/h5-9,20H,1-4H3,(H,22,25). The summed E-state index contributed by atoms with van der Waals surface area (Å²) in [6, 6.07) is 9.76. The second-order valence-corrected chi connectivity index (χ2v) is 6.41. The first kappa shape index (κ1) is 15.4. The molecule has 6 heteroatoms. The second kappa shape index (κ2) is 5.44. The van der Waals surface area contributed by atoms with E-state index in [0.29, 0.717) is 11.3 Å². The molecule has 1 aromatic carbocycles. The molecular weight excluding hydrogens is 314 g/mol. The van der Waals surface area contributed by atoms with Crippen molar-refractivity contribution in [3.05, 3.63) is 53.0 Å². The number of nitrogens with zero attached hydrogens (tertiary/aromatic N) is 3. The number of benzene rings is 1. The van der Waals surface area contributed by atoms with E-state index in [-0.39, 0.29) is 5.91 Å². The Labute approximate surface area is 144 Å². The lowest BCUT2D eigenvalue weighted by atomic mass is 10.1. The predicted molar refractivity (Wildman–Crippen MR) is 99.0 cm³/mol. The van der Waals surface area contributed by atoms with Crippen molar-refractivity contribution in [2.75, 3.05) is 5.32 Å². The molecule has 0 fully saturated rings. The van der Waals surface area contributed by atoms with Crippen LogP contribution < -0.4 is 5.32 Å². The molecule has 0 unspecified atom stereocenters. The number of aromatic nitrogens is 4. The molecule has 0 aliphatic rings. The molecular formula is C19H19N5O. The highest BCUT2D eigenvalue weighted by atomic mass is 16.1. The van der Waals surface area contributed by atoms with Gasteiger partial charge in [-0.05, 0) is 51.1 Å². The number of hydrogen-bond donors (Lipinski definition) is 2. The zero-order valence-electron chi connectivity index (χ0n) is 14.6. The lowest BCUT2D eigenvalue weighted by molar-refractivity contribution is 0.102. The highest BCUT2D eigenvalue weighted by Gasteiger charge is 2.15. The van der Waals surface area contributed by atoms with E-state index in [1.54, 1.807) is 4.68 Å². The Kier molecular flexibility index (Phi) is 3.35. The van der Waals surface area contributed by atoms with E-state index >= 15 is 0 Å². The van der Waals surface area contributed by atoms with Crippen molar-refractivity contribution in [2.45, 2.75) is 20.8 Å². The molecule has 2 N–H and O–H groups in total. The molecule has 0 saturated carbocycles. The summed E-state index contributed by atoms with van der Waals surface area (Å²) < 4.78 is 1.74. The monoisotopic (exact) mass is 333 g/mol. The maximum atomic E-state index is 12.8. The molecule has 0 atom stereocenters. The number of pyridine rings is 1. The molecule has 4 aromatic rings. The van der Waals surface area contributed by atoms with Gasteiger partial charge in [-0.2, -0.15) is 5.10 Å². The number of aryl methyl sites for hydroxylation is 4. The van der Waals surface area contributed by atoms with Gasteiger partial charge in [-0.3, -0.25) is 9.48 Å². The smallest absolute Gasteiger partial charge is 0.257 e. The van der Waals surface area contributed by atoms with Crippen LogP contribution in [-0.2, 0) is 7.05 Å². The van der Waals surface area contributed by atoms with Crippen LogP contribution >= 0.6 is 0 Å². The first-order valence-corrected chi connectivity index (χ1v) is 8.14. The van der Waals surface area contributed by atoms with Crippen molar-refractivity contribution in [2.24, 2.45) is 7.05 Å². The van der Waals surface area contributed by atoms with Gasteiger partial charge in [-0.25, -0.2) is 4.98 Å². The molecule has 25 heavy (non-hydrogen) atoms. The average Bonchev–Trinajstić information content (AvgIpc) is 3.05. The van der Waals surface area contributed by atoms with Crippen molar-refractivity contribution in [3.8, 4) is 0 Å². The highest BCUT2D eigenvalue weighted by molar-refractivity contribution is 6.07. The summed E-state index contributed by atoms with van der Waals surface area (Å²) in [5, 5.41) is 9.31. The van der Waals surface area contributed by atoms with Gasteiger partial charge in [-0.15, -0.1) is 0 Å².